The third kappa shape index (κ3) is 2.16. The highest BCUT2D eigenvalue weighted by Crippen LogP contribution is 2.62. The Labute approximate surface area is 144 Å². The normalized spacial score (nSPS) is 36.3. The van der Waals surface area contributed by atoms with Crippen LogP contribution in [0.3, 0.4) is 0 Å². The number of aliphatic hydroxyl groups excluding tert-OH is 1. The zero-order valence-electron chi connectivity index (χ0n) is 11.8. The minimum Gasteiger partial charge on any atom is -0.393 e. The first-order valence-electron chi connectivity index (χ1n) is 7.50. The molecule has 120 valence electrons. The number of aliphatic hydroxyl groups is 1. The van der Waals surface area contributed by atoms with Gasteiger partial charge in [0.25, 0.3) is 0 Å². The molecule has 1 aromatic carbocycles. The van der Waals surface area contributed by atoms with Crippen LogP contribution in [0.1, 0.15) is 44.2 Å². The quantitative estimate of drug-likeness (QED) is 0.716. The molecule has 1 aromatic rings. The van der Waals surface area contributed by atoms with E-state index in [0.29, 0.717) is 5.17 Å². The van der Waals surface area contributed by atoms with Gasteiger partial charge in [0.05, 0.1) is 6.10 Å². The molecule has 1 saturated carbocycles. The van der Waals surface area contributed by atoms with Gasteiger partial charge in [-0.3, -0.25) is 0 Å². The number of amidine groups is 1. The number of hydrogen-bond acceptors (Lipinski definition) is 4. The molecular weight excluding hydrogens is 360 g/mol. The van der Waals surface area contributed by atoms with Crippen LogP contribution in [0.4, 0.5) is 0 Å². The predicted molar refractivity (Wildman–Crippen MR) is 97.2 cm³/mol. The number of nitrogens with zero attached hydrogens (tertiary/aromatic N) is 1. The summed E-state index contributed by atoms with van der Waals surface area (Å²) in [6.07, 6.45) is 4.78. The lowest BCUT2D eigenvalue weighted by Crippen LogP contribution is -2.45. The summed E-state index contributed by atoms with van der Waals surface area (Å²) in [5.41, 5.74) is 8.78. The summed E-state index contributed by atoms with van der Waals surface area (Å²) >= 11 is 5.29. The van der Waals surface area contributed by atoms with Crippen LogP contribution >= 0.6 is 27.7 Å². The van der Waals surface area contributed by atoms with Crippen molar-refractivity contribution in [3.8, 4) is 0 Å². The predicted octanol–water partition coefficient (Wildman–Crippen LogP) is 3.82. The minimum absolute atomic E-state index is 0. The Morgan fingerprint density at radius 1 is 1.32 bits per heavy atom. The standard InChI is InChI=1S/C16H19BrN2OS.CH4/c17-11-2-1-10-8-15(5-3-12(20)4-6-15)16(13(10)7-11)9-21-14(18)19-16;/h1-2,7,12,20H,3-6,8-9H2,(H2,18,19);1H4. The van der Waals surface area contributed by atoms with Gasteiger partial charge in [-0.05, 0) is 55.4 Å². The van der Waals surface area contributed by atoms with Gasteiger partial charge in [-0.15, -0.1) is 0 Å². The van der Waals surface area contributed by atoms with Gasteiger partial charge in [0.15, 0.2) is 5.17 Å². The number of rotatable bonds is 0. The molecule has 1 fully saturated rings. The van der Waals surface area contributed by atoms with Crippen LogP contribution in [0.2, 0.25) is 0 Å². The summed E-state index contributed by atoms with van der Waals surface area (Å²) in [4.78, 5) is 4.96. The molecular formula is C17H23BrN2OS. The fourth-order valence-electron chi connectivity index (χ4n) is 4.47. The molecule has 0 saturated heterocycles. The molecule has 2 spiro atoms. The molecule has 0 aromatic heterocycles. The second-order valence-electron chi connectivity index (χ2n) is 6.59. The fraction of sp³-hybridized carbons (Fsp3) is 0.588. The summed E-state index contributed by atoms with van der Waals surface area (Å²) in [5.74, 6) is 0.943. The number of aliphatic imine (C=N–C) groups is 1. The topological polar surface area (TPSA) is 58.6 Å². The highest BCUT2D eigenvalue weighted by atomic mass is 79.9. The molecule has 3 nitrogen and oxygen atoms in total. The number of hydrogen-bond donors (Lipinski definition) is 2. The molecule has 0 bridgehead atoms. The van der Waals surface area contributed by atoms with E-state index in [2.05, 4.69) is 34.1 Å². The van der Waals surface area contributed by atoms with Gasteiger partial charge >= 0.3 is 0 Å². The Morgan fingerprint density at radius 3 is 2.68 bits per heavy atom. The molecule has 0 amide bonds. The van der Waals surface area contributed by atoms with Crippen LogP contribution < -0.4 is 5.73 Å². The first kappa shape index (κ1) is 16.3. The van der Waals surface area contributed by atoms with E-state index in [1.54, 1.807) is 11.8 Å². The summed E-state index contributed by atoms with van der Waals surface area (Å²) in [7, 11) is 0. The van der Waals surface area contributed by atoms with Crippen LogP contribution in [0.15, 0.2) is 27.7 Å². The molecule has 3 aliphatic rings. The second-order valence-corrected chi connectivity index (χ2v) is 8.50. The third-order valence-corrected chi connectivity index (χ3v) is 7.01. The SMILES string of the molecule is C.NC1=NC2(CS1)c1cc(Br)ccc1CC21CCC(O)CC1. The maximum atomic E-state index is 9.92. The van der Waals surface area contributed by atoms with Crippen molar-refractivity contribution in [2.75, 3.05) is 5.75 Å². The van der Waals surface area contributed by atoms with Crippen LogP contribution in [-0.4, -0.2) is 22.1 Å². The maximum Gasteiger partial charge on any atom is 0.154 e. The lowest BCUT2D eigenvalue weighted by Gasteiger charge is -2.45. The van der Waals surface area contributed by atoms with Gasteiger partial charge in [0.1, 0.15) is 5.54 Å². The van der Waals surface area contributed by atoms with Gasteiger partial charge in [0.2, 0.25) is 0 Å². The molecule has 1 aliphatic heterocycles. The van der Waals surface area contributed by atoms with Gasteiger partial charge < -0.3 is 10.8 Å². The zero-order chi connectivity index (χ0) is 14.7. The van der Waals surface area contributed by atoms with Crippen LogP contribution in [0.25, 0.3) is 0 Å². The van der Waals surface area contributed by atoms with E-state index < -0.39 is 0 Å². The number of nitrogens with two attached hydrogens (primary N) is 1. The van der Waals surface area contributed by atoms with Gasteiger partial charge in [-0.25, -0.2) is 4.99 Å². The number of halogens is 1. The summed E-state index contributed by atoms with van der Waals surface area (Å²) in [6.45, 7) is 0. The number of benzene rings is 1. The van der Waals surface area contributed by atoms with E-state index in [-0.39, 0.29) is 24.5 Å². The average molecular weight is 383 g/mol. The van der Waals surface area contributed by atoms with Gasteiger partial charge in [0, 0.05) is 15.6 Å². The molecule has 4 rings (SSSR count). The molecule has 22 heavy (non-hydrogen) atoms. The molecule has 3 N–H and O–H groups in total. The van der Waals surface area contributed by atoms with Crippen molar-refractivity contribution in [1.29, 1.82) is 0 Å². The van der Waals surface area contributed by atoms with E-state index >= 15 is 0 Å². The van der Waals surface area contributed by atoms with Crippen LogP contribution in [-0.2, 0) is 12.0 Å². The Balaban J connectivity index is 0.00000144. The van der Waals surface area contributed by atoms with Gasteiger partial charge in [-0.2, -0.15) is 0 Å². The monoisotopic (exact) mass is 382 g/mol. The van der Waals surface area contributed by atoms with Crippen molar-refractivity contribution in [2.45, 2.75) is 51.2 Å². The third-order valence-electron chi connectivity index (χ3n) is 5.57. The van der Waals surface area contributed by atoms with E-state index in [1.165, 1.54) is 11.1 Å². The Hall–Kier alpha value is -0.520. The molecule has 2 aliphatic carbocycles. The molecule has 0 radical (unpaired) electrons. The summed E-state index contributed by atoms with van der Waals surface area (Å²) in [5, 5.41) is 10.6. The average Bonchev–Trinajstić information content (AvgIpc) is 2.97. The van der Waals surface area contributed by atoms with E-state index in [9.17, 15) is 5.11 Å². The molecule has 1 heterocycles. The number of thioether (sulfide) groups is 1. The largest absolute Gasteiger partial charge is 0.393 e. The Bertz CT molecular complexity index is 625. The molecule has 5 heteroatoms. The van der Waals surface area contributed by atoms with Crippen LogP contribution in [0, 0.1) is 5.41 Å². The highest BCUT2D eigenvalue weighted by Gasteiger charge is 2.60. The zero-order valence-corrected chi connectivity index (χ0v) is 14.2. The first-order chi connectivity index (χ1) is 10.0. The van der Waals surface area contributed by atoms with Crippen LogP contribution in [0.5, 0.6) is 0 Å². The van der Waals surface area contributed by atoms with E-state index in [4.69, 9.17) is 10.7 Å². The highest BCUT2D eigenvalue weighted by molar-refractivity contribution is 9.10. The summed E-state index contributed by atoms with van der Waals surface area (Å²) in [6, 6.07) is 6.59. The lowest BCUT2D eigenvalue weighted by molar-refractivity contribution is 0.0281. The van der Waals surface area contributed by atoms with Crippen molar-refractivity contribution in [3.63, 3.8) is 0 Å². The first-order valence-corrected chi connectivity index (χ1v) is 9.28. The van der Waals surface area contributed by atoms with Crippen molar-refractivity contribution < 1.29 is 5.11 Å². The van der Waals surface area contributed by atoms with E-state index in [1.807, 2.05) is 0 Å². The lowest BCUT2D eigenvalue weighted by atomic mass is 9.62. The minimum atomic E-state index is -0.180. The maximum absolute atomic E-state index is 9.92. The van der Waals surface area contributed by atoms with E-state index in [0.717, 1.165) is 42.3 Å². The Kier molecular flexibility index (Phi) is 4.11. The van der Waals surface area contributed by atoms with Crippen molar-refractivity contribution >= 4 is 32.9 Å². The smallest absolute Gasteiger partial charge is 0.154 e. The van der Waals surface area contributed by atoms with Crippen molar-refractivity contribution in [3.05, 3.63) is 33.8 Å². The number of fused-ring (bicyclic) bond motifs is 3. The molecule has 1 atom stereocenters. The fourth-order valence-corrected chi connectivity index (χ4v) is 5.93. The second kappa shape index (κ2) is 5.53. The van der Waals surface area contributed by atoms with Crippen molar-refractivity contribution in [1.82, 2.24) is 0 Å². The molecule has 1 unspecified atom stereocenters. The van der Waals surface area contributed by atoms with Gasteiger partial charge in [-0.1, -0.05) is 41.2 Å². The summed E-state index contributed by atoms with van der Waals surface area (Å²) < 4.78 is 1.11. The Morgan fingerprint density at radius 2 is 2.05 bits per heavy atom. The van der Waals surface area contributed by atoms with Crippen molar-refractivity contribution in [2.24, 2.45) is 16.1 Å².